The number of nitrogens with zero attached hydrogens (tertiary/aromatic N) is 3. The fourth-order valence-corrected chi connectivity index (χ4v) is 4.25. The second-order valence-electron chi connectivity index (χ2n) is 6.14. The maximum Gasteiger partial charge on any atom is 0.344 e. The van der Waals surface area contributed by atoms with Crippen molar-refractivity contribution in [2.24, 2.45) is 5.92 Å². The maximum absolute atomic E-state index is 11.9. The fraction of sp³-hybridized carbons (Fsp3) is 0.857. The molecule has 118 valence electrons. The Labute approximate surface area is 129 Å². The molecule has 1 aromatic heterocycles. The molecule has 6 nitrogen and oxygen atoms in total. The van der Waals surface area contributed by atoms with Gasteiger partial charge in [-0.2, -0.15) is 0 Å². The summed E-state index contributed by atoms with van der Waals surface area (Å²) in [5, 5.41) is 7.57. The van der Waals surface area contributed by atoms with Gasteiger partial charge in [0.05, 0.1) is 12.6 Å². The molecular formula is C14H24N4O2S. The molecule has 7 heteroatoms. The van der Waals surface area contributed by atoms with Gasteiger partial charge in [-0.1, -0.05) is 11.8 Å². The molecule has 0 aliphatic carbocycles. The van der Waals surface area contributed by atoms with Gasteiger partial charge in [0.15, 0.2) is 5.16 Å². The number of aromatic nitrogens is 3. The van der Waals surface area contributed by atoms with Crippen molar-refractivity contribution in [3.63, 3.8) is 0 Å². The lowest BCUT2D eigenvalue weighted by Crippen LogP contribution is -2.33. The number of aromatic amines is 1. The molecule has 3 rings (SSSR count). The van der Waals surface area contributed by atoms with Crippen LogP contribution in [0.1, 0.15) is 25.7 Å². The fourth-order valence-electron chi connectivity index (χ4n) is 3.17. The molecule has 2 saturated heterocycles. The lowest BCUT2D eigenvalue weighted by Gasteiger charge is -2.29. The van der Waals surface area contributed by atoms with E-state index in [4.69, 9.17) is 4.74 Å². The van der Waals surface area contributed by atoms with E-state index in [9.17, 15) is 4.79 Å². The molecular weight excluding hydrogens is 288 g/mol. The standard InChI is InChI=1S/C14H24N4O2S/c1-17-6-2-4-11(8-17)10-21-14-16-15-13(19)18(14)9-12-5-3-7-20-12/h11-12H,2-10H2,1H3,(H,15,19)/t11-,12+/m0/s1. The zero-order valence-corrected chi connectivity index (χ0v) is 13.4. The zero-order valence-electron chi connectivity index (χ0n) is 12.6. The van der Waals surface area contributed by atoms with Crippen LogP contribution in [0.25, 0.3) is 0 Å². The normalized spacial score (nSPS) is 27.3. The lowest BCUT2D eigenvalue weighted by molar-refractivity contribution is 0.0941. The Balaban J connectivity index is 1.58. The molecule has 0 radical (unpaired) electrons. The van der Waals surface area contributed by atoms with Crippen molar-refractivity contribution < 1.29 is 4.74 Å². The smallest absolute Gasteiger partial charge is 0.344 e. The maximum atomic E-state index is 11.9. The van der Waals surface area contributed by atoms with Gasteiger partial charge < -0.3 is 9.64 Å². The Hall–Kier alpha value is -0.790. The van der Waals surface area contributed by atoms with E-state index in [2.05, 4.69) is 22.1 Å². The molecule has 21 heavy (non-hydrogen) atoms. The van der Waals surface area contributed by atoms with Crippen LogP contribution in [0.5, 0.6) is 0 Å². The Morgan fingerprint density at radius 2 is 2.33 bits per heavy atom. The Bertz CT molecular complexity index is 509. The van der Waals surface area contributed by atoms with Crippen molar-refractivity contribution in [3.8, 4) is 0 Å². The zero-order chi connectivity index (χ0) is 14.7. The first-order valence-electron chi connectivity index (χ1n) is 7.80. The highest BCUT2D eigenvalue weighted by Gasteiger charge is 2.22. The minimum absolute atomic E-state index is 0.117. The van der Waals surface area contributed by atoms with Gasteiger partial charge in [0.25, 0.3) is 0 Å². The number of H-pyrrole nitrogens is 1. The molecule has 0 amide bonds. The highest BCUT2D eigenvalue weighted by molar-refractivity contribution is 7.99. The van der Waals surface area contributed by atoms with Gasteiger partial charge in [-0.15, -0.1) is 5.10 Å². The monoisotopic (exact) mass is 312 g/mol. The van der Waals surface area contributed by atoms with E-state index in [0.29, 0.717) is 12.5 Å². The quantitative estimate of drug-likeness (QED) is 0.827. The number of hydrogen-bond acceptors (Lipinski definition) is 5. The van der Waals surface area contributed by atoms with Gasteiger partial charge in [-0.3, -0.25) is 4.57 Å². The molecule has 0 spiro atoms. The molecule has 2 aliphatic rings. The number of rotatable bonds is 5. The third-order valence-electron chi connectivity index (χ3n) is 4.30. The Morgan fingerprint density at radius 1 is 1.43 bits per heavy atom. The highest BCUT2D eigenvalue weighted by Crippen LogP contribution is 2.24. The number of ether oxygens (including phenoxy) is 1. The van der Waals surface area contributed by atoms with Crippen LogP contribution in [-0.2, 0) is 11.3 Å². The van der Waals surface area contributed by atoms with Gasteiger partial charge in [-0.05, 0) is 45.2 Å². The predicted octanol–water partition coefficient (Wildman–Crippen LogP) is 1.18. The van der Waals surface area contributed by atoms with Crippen molar-refractivity contribution in [2.45, 2.75) is 43.5 Å². The molecule has 3 heterocycles. The largest absolute Gasteiger partial charge is 0.376 e. The molecule has 1 aromatic rings. The summed E-state index contributed by atoms with van der Waals surface area (Å²) in [6.07, 6.45) is 4.84. The van der Waals surface area contributed by atoms with E-state index >= 15 is 0 Å². The molecule has 0 aromatic carbocycles. The number of likely N-dealkylation sites (tertiary alicyclic amines) is 1. The molecule has 1 N–H and O–H groups in total. The summed E-state index contributed by atoms with van der Waals surface area (Å²) >= 11 is 1.70. The highest BCUT2D eigenvalue weighted by atomic mass is 32.2. The van der Waals surface area contributed by atoms with E-state index in [1.165, 1.54) is 19.4 Å². The van der Waals surface area contributed by atoms with Gasteiger partial charge in [0.2, 0.25) is 0 Å². The SMILES string of the molecule is CN1CCC[C@H](CSc2n[nH]c(=O)n2C[C@H]2CCCO2)C1. The average molecular weight is 312 g/mol. The number of hydrogen-bond donors (Lipinski definition) is 1. The summed E-state index contributed by atoms with van der Waals surface area (Å²) in [5.41, 5.74) is -0.117. The number of thioether (sulfide) groups is 1. The predicted molar refractivity (Wildman–Crippen MR) is 82.8 cm³/mol. The van der Waals surface area contributed by atoms with Crippen molar-refractivity contribution in [2.75, 3.05) is 32.5 Å². The summed E-state index contributed by atoms with van der Waals surface area (Å²) < 4.78 is 7.37. The van der Waals surface area contributed by atoms with Crippen molar-refractivity contribution in [1.82, 2.24) is 19.7 Å². The minimum atomic E-state index is -0.117. The van der Waals surface area contributed by atoms with Crippen LogP contribution in [0.4, 0.5) is 0 Å². The lowest BCUT2D eigenvalue weighted by atomic mass is 10.0. The van der Waals surface area contributed by atoms with Gasteiger partial charge in [0.1, 0.15) is 0 Å². The van der Waals surface area contributed by atoms with E-state index < -0.39 is 0 Å². The molecule has 2 fully saturated rings. The van der Waals surface area contributed by atoms with Crippen LogP contribution in [0, 0.1) is 5.92 Å². The van der Waals surface area contributed by atoms with E-state index in [1.54, 1.807) is 16.3 Å². The number of piperidine rings is 1. The van der Waals surface area contributed by atoms with Crippen LogP contribution >= 0.6 is 11.8 Å². The van der Waals surface area contributed by atoms with E-state index in [-0.39, 0.29) is 11.8 Å². The summed E-state index contributed by atoms with van der Waals surface area (Å²) in [6.45, 7) is 3.79. The third-order valence-corrected chi connectivity index (χ3v) is 5.51. The van der Waals surface area contributed by atoms with Crippen LogP contribution in [0.2, 0.25) is 0 Å². The van der Waals surface area contributed by atoms with E-state index in [0.717, 1.165) is 36.9 Å². The summed E-state index contributed by atoms with van der Waals surface area (Å²) in [4.78, 5) is 14.3. The molecule has 0 bridgehead atoms. The minimum Gasteiger partial charge on any atom is -0.376 e. The second kappa shape index (κ2) is 6.98. The van der Waals surface area contributed by atoms with Crippen molar-refractivity contribution >= 4 is 11.8 Å². The van der Waals surface area contributed by atoms with Gasteiger partial charge in [0, 0.05) is 18.9 Å². The molecule has 2 aliphatic heterocycles. The average Bonchev–Trinajstić information content (AvgIpc) is 3.09. The van der Waals surface area contributed by atoms with Crippen LogP contribution < -0.4 is 5.69 Å². The van der Waals surface area contributed by atoms with E-state index in [1.807, 2.05) is 0 Å². The third kappa shape index (κ3) is 3.90. The molecule has 0 saturated carbocycles. The van der Waals surface area contributed by atoms with Crippen molar-refractivity contribution in [3.05, 3.63) is 10.5 Å². The molecule has 2 atom stereocenters. The first kappa shape index (κ1) is 15.1. The topological polar surface area (TPSA) is 63.2 Å². The Kier molecular flexibility index (Phi) is 5.03. The first-order valence-corrected chi connectivity index (χ1v) is 8.79. The van der Waals surface area contributed by atoms with Gasteiger partial charge in [-0.25, -0.2) is 9.89 Å². The summed E-state index contributed by atoms with van der Waals surface area (Å²) in [7, 11) is 2.18. The van der Waals surface area contributed by atoms with Crippen molar-refractivity contribution in [1.29, 1.82) is 0 Å². The second-order valence-corrected chi connectivity index (χ2v) is 7.13. The molecule has 0 unspecified atom stereocenters. The van der Waals surface area contributed by atoms with Crippen LogP contribution in [-0.4, -0.2) is 58.3 Å². The summed E-state index contributed by atoms with van der Waals surface area (Å²) in [5.74, 6) is 1.72. The van der Waals surface area contributed by atoms with Crippen LogP contribution in [0.3, 0.4) is 0 Å². The first-order chi connectivity index (χ1) is 10.2. The van der Waals surface area contributed by atoms with Crippen LogP contribution in [0.15, 0.2) is 9.95 Å². The summed E-state index contributed by atoms with van der Waals surface area (Å²) in [6, 6.07) is 0. The number of nitrogens with one attached hydrogen (secondary N) is 1. The van der Waals surface area contributed by atoms with Gasteiger partial charge >= 0.3 is 5.69 Å². The Morgan fingerprint density at radius 3 is 3.10 bits per heavy atom.